The van der Waals surface area contributed by atoms with E-state index in [0.29, 0.717) is 27.7 Å². The third kappa shape index (κ3) is 4.09. The van der Waals surface area contributed by atoms with Crippen LogP contribution in [0.5, 0.6) is 0 Å². The van der Waals surface area contributed by atoms with Gasteiger partial charge in [-0.25, -0.2) is 9.69 Å². The number of imide groups is 1. The number of hydrogen-bond acceptors (Lipinski definition) is 3. The number of carbonyl (C=O) groups is 3. The number of halogens is 2. The van der Waals surface area contributed by atoms with Gasteiger partial charge in [0.15, 0.2) is 0 Å². The first-order valence-electron chi connectivity index (χ1n) is 10.7. The van der Waals surface area contributed by atoms with Crippen molar-refractivity contribution in [2.24, 2.45) is 0 Å². The van der Waals surface area contributed by atoms with E-state index in [4.69, 9.17) is 23.2 Å². The second-order valence-electron chi connectivity index (χ2n) is 8.61. The summed E-state index contributed by atoms with van der Waals surface area (Å²) in [5.41, 5.74) is 0.764. The lowest BCUT2D eigenvalue weighted by atomic mass is 9.91. The van der Waals surface area contributed by atoms with Crippen LogP contribution < -0.4 is 4.90 Å². The van der Waals surface area contributed by atoms with E-state index < -0.39 is 11.6 Å². The first kappa shape index (κ1) is 22.6. The summed E-state index contributed by atoms with van der Waals surface area (Å²) in [6.07, 6.45) is 3.56. The molecular weight excluding hydrogens is 449 g/mol. The molecule has 0 saturated carbocycles. The Balaban J connectivity index is 1.54. The Bertz CT molecular complexity index is 1050. The Morgan fingerprint density at radius 1 is 0.969 bits per heavy atom. The van der Waals surface area contributed by atoms with E-state index in [-0.39, 0.29) is 11.8 Å². The van der Waals surface area contributed by atoms with E-state index >= 15 is 0 Å². The van der Waals surface area contributed by atoms with Gasteiger partial charge in [0.2, 0.25) is 0 Å². The van der Waals surface area contributed by atoms with E-state index in [2.05, 4.69) is 0 Å². The summed E-state index contributed by atoms with van der Waals surface area (Å²) in [5.74, 6) is -0.312. The predicted octanol–water partition coefficient (Wildman–Crippen LogP) is 5.02. The number of urea groups is 1. The molecule has 0 bridgehead atoms. The summed E-state index contributed by atoms with van der Waals surface area (Å²) in [4.78, 5) is 43.5. The lowest BCUT2D eigenvalue weighted by molar-refractivity contribution is -0.123. The molecule has 1 unspecified atom stereocenters. The number of piperidine rings is 1. The van der Waals surface area contributed by atoms with Gasteiger partial charge in [-0.3, -0.25) is 9.59 Å². The number of hydrogen-bond donors (Lipinski definition) is 0. The van der Waals surface area contributed by atoms with Crippen molar-refractivity contribution in [3.05, 3.63) is 63.6 Å². The van der Waals surface area contributed by atoms with Crippen molar-refractivity contribution >= 4 is 46.7 Å². The molecule has 2 aliphatic rings. The third-order valence-electron chi connectivity index (χ3n) is 6.38. The molecule has 2 heterocycles. The summed E-state index contributed by atoms with van der Waals surface area (Å²) >= 11 is 12.2. The lowest BCUT2D eigenvalue weighted by Crippen LogP contribution is -2.47. The van der Waals surface area contributed by atoms with E-state index in [9.17, 15) is 14.4 Å². The Morgan fingerprint density at radius 3 is 2.16 bits per heavy atom. The first-order chi connectivity index (χ1) is 15.2. The van der Waals surface area contributed by atoms with Gasteiger partial charge in [-0.05, 0) is 62.1 Å². The van der Waals surface area contributed by atoms with Crippen LogP contribution in [0.15, 0.2) is 42.5 Å². The number of anilines is 1. The highest BCUT2D eigenvalue weighted by Gasteiger charge is 2.53. The van der Waals surface area contributed by atoms with Crippen LogP contribution in [0.3, 0.4) is 0 Å². The fraction of sp³-hybridized carbons (Fsp3) is 0.375. The van der Waals surface area contributed by atoms with Crippen molar-refractivity contribution in [3.63, 3.8) is 0 Å². The van der Waals surface area contributed by atoms with Crippen molar-refractivity contribution in [1.82, 2.24) is 9.80 Å². The zero-order valence-electron chi connectivity index (χ0n) is 18.1. The topological polar surface area (TPSA) is 60.9 Å². The summed E-state index contributed by atoms with van der Waals surface area (Å²) in [5, 5.41) is 0.691. The largest absolute Gasteiger partial charge is 0.339 e. The van der Waals surface area contributed by atoms with Crippen LogP contribution in [0.1, 0.15) is 42.1 Å². The molecule has 32 heavy (non-hydrogen) atoms. The molecule has 2 fully saturated rings. The van der Waals surface area contributed by atoms with Gasteiger partial charge in [0, 0.05) is 42.2 Å². The number of rotatable bonds is 4. The number of amides is 4. The minimum absolute atomic E-state index is 0.0377. The maximum Gasteiger partial charge on any atom is 0.332 e. The highest BCUT2D eigenvalue weighted by Crippen LogP contribution is 2.35. The smallest absolute Gasteiger partial charge is 0.332 e. The van der Waals surface area contributed by atoms with Gasteiger partial charge in [-0.1, -0.05) is 35.3 Å². The fourth-order valence-electron chi connectivity index (χ4n) is 4.36. The molecule has 0 aliphatic carbocycles. The molecule has 8 heteroatoms. The quantitative estimate of drug-likeness (QED) is 0.585. The Kier molecular flexibility index (Phi) is 6.19. The Labute approximate surface area is 197 Å². The molecule has 4 rings (SSSR count). The number of likely N-dealkylation sites (tertiary alicyclic amines) is 1. The Hall–Kier alpha value is -2.57. The summed E-state index contributed by atoms with van der Waals surface area (Å²) in [6, 6.07) is 11.5. The highest BCUT2D eigenvalue weighted by molar-refractivity contribution is 6.35. The van der Waals surface area contributed by atoms with Crippen LogP contribution in [-0.4, -0.2) is 53.3 Å². The van der Waals surface area contributed by atoms with Crippen LogP contribution in [0.25, 0.3) is 0 Å². The van der Waals surface area contributed by atoms with Crippen molar-refractivity contribution in [1.29, 1.82) is 0 Å². The van der Waals surface area contributed by atoms with E-state index in [1.807, 2.05) is 17.0 Å². The minimum Gasteiger partial charge on any atom is -0.339 e. The van der Waals surface area contributed by atoms with Gasteiger partial charge in [-0.15, -0.1) is 0 Å². The van der Waals surface area contributed by atoms with Gasteiger partial charge in [0.25, 0.3) is 11.8 Å². The highest BCUT2D eigenvalue weighted by atomic mass is 35.5. The monoisotopic (exact) mass is 473 g/mol. The summed E-state index contributed by atoms with van der Waals surface area (Å²) in [6.45, 7) is 3.33. The van der Waals surface area contributed by atoms with Gasteiger partial charge in [0.1, 0.15) is 5.54 Å². The molecule has 6 nitrogen and oxygen atoms in total. The number of likely N-dealkylation sites (N-methyl/N-ethyl adjacent to an activating group) is 1. The SMILES string of the molecule is CN1C(=O)N(c2cc(Cl)cc(Cl)c2)C(=O)C1(C)Cc1ccc(C(=O)N2CCCCC2)cc1. The molecule has 168 valence electrons. The molecular formula is C24H25Cl2N3O3. The molecule has 0 radical (unpaired) electrons. The maximum atomic E-state index is 13.4. The van der Waals surface area contributed by atoms with Crippen LogP contribution in [-0.2, 0) is 11.2 Å². The van der Waals surface area contributed by atoms with Crippen LogP contribution in [0.2, 0.25) is 10.0 Å². The maximum absolute atomic E-state index is 13.4. The molecule has 4 amide bonds. The molecule has 2 aromatic carbocycles. The normalized spacial score (nSPS) is 21.4. The molecule has 2 aliphatic heterocycles. The summed E-state index contributed by atoms with van der Waals surface area (Å²) < 4.78 is 0. The van der Waals surface area contributed by atoms with Crippen molar-refractivity contribution in [2.75, 3.05) is 25.0 Å². The lowest BCUT2D eigenvalue weighted by Gasteiger charge is -2.29. The van der Waals surface area contributed by atoms with Gasteiger partial charge >= 0.3 is 6.03 Å². The van der Waals surface area contributed by atoms with Gasteiger partial charge in [-0.2, -0.15) is 0 Å². The Morgan fingerprint density at radius 2 is 1.56 bits per heavy atom. The molecule has 2 saturated heterocycles. The minimum atomic E-state index is -1.08. The second-order valence-corrected chi connectivity index (χ2v) is 9.48. The zero-order valence-corrected chi connectivity index (χ0v) is 19.6. The average molecular weight is 474 g/mol. The zero-order chi connectivity index (χ0) is 23.0. The van der Waals surface area contributed by atoms with Gasteiger partial charge < -0.3 is 9.80 Å². The summed E-state index contributed by atoms with van der Waals surface area (Å²) in [7, 11) is 1.61. The van der Waals surface area contributed by atoms with Crippen molar-refractivity contribution < 1.29 is 14.4 Å². The average Bonchev–Trinajstić information content (AvgIpc) is 2.94. The predicted molar refractivity (Wildman–Crippen MR) is 125 cm³/mol. The molecule has 0 aromatic heterocycles. The second kappa shape index (κ2) is 8.75. The van der Waals surface area contributed by atoms with E-state index in [1.165, 1.54) is 11.3 Å². The van der Waals surface area contributed by atoms with Crippen molar-refractivity contribution in [3.8, 4) is 0 Å². The van der Waals surface area contributed by atoms with Crippen LogP contribution in [0, 0.1) is 0 Å². The standard InChI is InChI=1S/C24H25Cl2N3O3/c1-24(15-16-6-8-17(9-7-16)21(30)28-10-4-3-5-11-28)22(31)29(23(32)27(24)2)20-13-18(25)12-19(26)14-20/h6-9,12-14H,3-5,10-11,15H2,1-2H3. The fourth-order valence-corrected chi connectivity index (χ4v) is 4.88. The molecule has 1 atom stereocenters. The van der Waals surface area contributed by atoms with Crippen LogP contribution >= 0.6 is 23.2 Å². The number of benzene rings is 2. The van der Waals surface area contributed by atoms with Gasteiger partial charge in [0.05, 0.1) is 5.69 Å². The number of nitrogens with zero attached hydrogens (tertiary/aromatic N) is 3. The van der Waals surface area contributed by atoms with Crippen LogP contribution in [0.4, 0.5) is 10.5 Å². The van der Waals surface area contributed by atoms with E-state index in [1.54, 1.807) is 44.3 Å². The first-order valence-corrected chi connectivity index (χ1v) is 11.4. The molecule has 0 spiro atoms. The van der Waals surface area contributed by atoms with E-state index in [0.717, 1.165) is 36.4 Å². The molecule has 0 N–H and O–H groups in total. The third-order valence-corrected chi connectivity index (χ3v) is 6.82. The van der Waals surface area contributed by atoms with Crippen molar-refractivity contribution in [2.45, 2.75) is 38.1 Å². The molecule has 2 aromatic rings. The number of carbonyl (C=O) groups excluding carboxylic acids is 3.